The molecule has 0 spiro atoms. The van der Waals surface area contributed by atoms with Gasteiger partial charge >= 0.3 is 12.2 Å². The van der Waals surface area contributed by atoms with Gasteiger partial charge in [0.1, 0.15) is 5.75 Å². The van der Waals surface area contributed by atoms with Crippen LogP contribution in [0.5, 0.6) is 11.8 Å². The number of anilines is 1. The van der Waals surface area contributed by atoms with Crippen LogP contribution in [0.2, 0.25) is 0 Å². The van der Waals surface area contributed by atoms with Gasteiger partial charge in [0.15, 0.2) is 23.1 Å². The third-order valence-corrected chi connectivity index (χ3v) is 6.00. The van der Waals surface area contributed by atoms with E-state index in [1.165, 1.54) is 6.92 Å². The number of halogens is 3. The highest BCUT2D eigenvalue weighted by molar-refractivity contribution is 5.90. The van der Waals surface area contributed by atoms with E-state index in [0.29, 0.717) is 48.8 Å². The van der Waals surface area contributed by atoms with Crippen molar-refractivity contribution in [1.29, 1.82) is 0 Å². The number of nitrogens with zero attached hydrogens (tertiary/aromatic N) is 5. The lowest BCUT2D eigenvalue weighted by atomic mass is 10.2. The van der Waals surface area contributed by atoms with E-state index >= 15 is 0 Å². The second kappa shape index (κ2) is 7.56. The number of carbonyl (C=O) groups excluding carboxylic acids is 1. The summed E-state index contributed by atoms with van der Waals surface area (Å²) in [5.41, 5.74) is 3.13. The SMILES string of the molecule is COc1ccc2c(c1)-n1c3c(N4CC[C@H](NC(C)=O)C4)nc(O[C@@H](C)C(F)(F)F)nc3n1C2. The zero-order chi connectivity index (χ0) is 23.5. The lowest BCUT2D eigenvalue weighted by Gasteiger charge is -2.27. The third kappa shape index (κ3) is 3.62. The first-order valence-corrected chi connectivity index (χ1v) is 10.6. The van der Waals surface area contributed by atoms with E-state index in [4.69, 9.17) is 9.47 Å². The Kier molecular flexibility index (Phi) is 4.91. The summed E-state index contributed by atoms with van der Waals surface area (Å²) in [6.45, 7) is 3.97. The van der Waals surface area contributed by atoms with Crippen LogP contribution >= 0.6 is 0 Å². The number of carbonyl (C=O) groups is 1. The number of amides is 1. The number of aromatic nitrogens is 4. The van der Waals surface area contributed by atoms with Gasteiger partial charge in [0.05, 0.1) is 19.3 Å². The number of rotatable bonds is 5. The molecule has 5 rings (SSSR count). The first kappa shape index (κ1) is 21.4. The molecular formula is C21H23F3N6O3. The van der Waals surface area contributed by atoms with Gasteiger partial charge in [-0.3, -0.25) is 9.48 Å². The number of hydrogen-bond acceptors (Lipinski definition) is 6. The quantitative estimate of drug-likeness (QED) is 0.489. The molecule has 0 bridgehead atoms. The Labute approximate surface area is 187 Å². The highest BCUT2D eigenvalue weighted by Gasteiger charge is 2.40. The summed E-state index contributed by atoms with van der Waals surface area (Å²) < 4.78 is 53.6. The van der Waals surface area contributed by atoms with Crippen LogP contribution in [-0.4, -0.2) is 63.8 Å². The number of nitrogens with one attached hydrogen (secondary N) is 1. The number of alkyl halides is 3. The molecule has 33 heavy (non-hydrogen) atoms. The summed E-state index contributed by atoms with van der Waals surface area (Å²) in [6.07, 6.45) is -5.89. The van der Waals surface area contributed by atoms with E-state index in [2.05, 4.69) is 15.3 Å². The van der Waals surface area contributed by atoms with Crippen LogP contribution in [0.4, 0.5) is 19.0 Å². The van der Waals surface area contributed by atoms with Gasteiger partial charge in [-0.2, -0.15) is 23.1 Å². The minimum absolute atomic E-state index is 0.0753. The molecule has 0 saturated carbocycles. The van der Waals surface area contributed by atoms with Gasteiger partial charge in [0.2, 0.25) is 5.91 Å². The molecule has 9 nitrogen and oxygen atoms in total. The maximum absolute atomic E-state index is 13.1. The van der Waals surface area contributed by atoms with Gasteiger partial charge < -0.3 is 19.7 Å². The van der Waals surface area contributed by atoms with E-state index in [1.807, 2.05) is 32.5 Å². The molecule has 1 fully saturated rings. The summed E-state index contributed by atoms with van der Waals surface area (Å²) in [4.78, 5) is 22.1. The normalized spacial score (nSPS) is 18.4. The van der Waals surface area contributed by atoms with E-state index < -0.39 is 12.3 Å². The van der Waals surface area contributed by atoms with Gasteiger partial charge in [0, 0.05) is 32.1 Å². The second-order valence-electron chi connectivity index (χ2n) is 8.30. The third-order valence-electron chi connectivity index (χ3n) is 6.00. The van der Waals surface area contributed by atoms with Gasteiger partial charge in [-0.15, -0.1) is 0 Å². The molecular weight excluding hydrogens is 441 g/mol. The average molecular weight is 464 g/mol. The van der Waals surface area contributed by atoms with Gasteiger partial charge in [0.25, 0.3) is 0 Å². The maximum atomic E-state index is 13.1. The van der Waals surface area contributed by atoms with Crippen molar-refractivity contribution < 1.29 is 27.4 Å². The van der Waals surface area contributed by atoms with Crippen LogP contribution in [0.15, 0.2) is 18.2 Å². The lowest BCUT2D eigenvalue weighted by molar-refractivity contribution is -0.190. The Morgan fingerprint density at radius 2 is 2.09 bits per heavy atom. The lowest BCUT2D eigenvalue weighted by Crippen LogP contribution is -2.36. The molecule has 2 aromatic heterocycles. The van der Waals surface area contributed by atoms with Gasteiger partial charge in [-0.05, 0) is 25.0 Å². The van der Waals surface area contributed by atoms with Crippen molar-refractivity contribution in [3.8, 4) is 17.4 Å². The Balaban J connectivity index is 1.59. The zero-order valence-corrected chi connectivity index (χ0v) is 18.3. The molecule has 2 aliphatic rings. The van der Waals surface area contributed by atoms with E-state index in [9.17, 15) is 18.0 Å². The fourth-order valence-electron chi connectivity index (χ4n) is 4.37. The summed E-state index contributed by atoms with van der Waals surface area (Å²) in [6, 6.07) is 5.31. The summed E-state index contributed by atoms with van der Waals surface area (Å²) in [5.74, 6) is 1.04. The molecule has 2 atom stereocenters. The molecule has 1 saturated heterocycles. The standard InChI is InChI=1S/C21H23F3N6O3/c1-11(21(22,23)24)33-20-26-18(28-7-6-14(10-28)25-12(2)31)17-19(27-20)29-9-13-4-5-15(32-3)8-16(13)30(17)29/h4-5,8,11,14H,6-7,9-10H2,1-3H3,(H,25,31)/t11-,14-/m0/s1. The van der Waals surface area contributed by atoms with Crippen LogP contribution in [0.3, 0.4) is 0 Å². The van der Waals surface area contributed by atoms with Crippen LogP contribution in [0.1, 0.15) is 25.8 Å². The number of fused-ring (bicyclic) bond motifs is 6. The molecule has 3 aromatic rings. The van der Waals surface area contributed by atoms with Crippen molar-refractivity contribution in [3.05, 3.63) is 23.8 Å². The molecule has 2 aliphatic heterocycles. The van der Waals surface area contributed by atoms with E-state index in [0.717, 1.165) is 18.2 Å². The summed E-state index contributed by atoms with van der Waals surface area (Å²) in [5, 5.41) is 2.89. The predicted molar refractivity (Wildman–Crippen MR) is 113 cm³/mol. The van der Waals surface area contributed by atoms with Crippen LogP contribution < -0.4 is 19.7 Å². The number of methoxy groups -OCH3 is 1. The first-order valence-electron chi connectivity index (χ1n) is 10.6. The second-order valence-corrected chi connectivity index (χ2v) is 8.30. The molecule has 12 heteroatoms. The predicted octanol–water partition coefficient (Wildman–Crippen LogP) is 2.64. The number of hydrogen-bond donors (Lipinski definition) is 1. The number of ether oxygens (including phenoxy) is 2. The van der Waals surface area contributed by atoms with Crippen molar-refractivity contribution in [1.82, 2.24) is 24.6 Å². The Hall–Kier alpha value is -3.44. The van der Waals surface area contributed by atoms with Gasteiger partial charge in [-0.1, -0.05) is 6.07 Å². The first-order chi connectivity index (χ1) is 15.7. The Morgan fingerprint density at radius 1 is 1.30 bits per heavy atom. The van der Waals surface area contributed by atoms with Crippen molar-refractivity contribution in [2.45, 2.75) is 45.1 Å². The summed E-state index contributed by atoms with van der Waals surface area (Å²) >= 11 is 0. The molecule has 0 aliphatic carbocycles. The van der Waals surface area contributed by atoms with Crippen LogP contribution in [0.25, 0.3) is 16.9 Å². The Morgan fingerprint density at radius 3 is 2.79 bits per heavy atom. The number of benzene rings is 1. The highest BCUT2D eigenvalue weighted by Crippen LogP contribution is 2.40. The molecule has 4 heterocycles. The molecule has 1 amide bonds. The molecule has 1 N–H and O–H groups in total. The minimum atomic E-state index is -4.54. The topological polar surface area (TPSA) is 86.4 Å². The molecule has 176 valence electrons. The molecule has 0 unspecified atom stereocenters. The van der Waals surface area contributed by atoms with Crippen LogP contribution in [-0.2, 0) is 11.3 Å². The zero-order valence-electron chi connectivity index (χ0n) is 18.3. The Bertz CT molecular complexity index is 1230. The molecule has 0 radical (unpaired) electrons. The smallest absolute Gasteiger partial charge is 0.425 e. The monoisotopic (exact) mass is 464 g/mol. The van der Waals surface area contributed by atoms with E-state index in [-0.39, 0.29) is 18.0 Å². The fraction of sp³-hybridized carbons (Fsp3) is 0.476. The van der Waals surface area contributed by atoms with Gasteiger partial charge in [-0.25, -0.2) is 4.68 Å². The highest BCUT2D eigenvalue weighted by atomic mass is 19.4. The minimum Gasteiger partial charge on any atom is -0.497 e. The van der Waals surface area contributed by atoms with Crippen molar-refractivity contribution >= 4 is 22.9 Å². The van der Waals surface area contributed by atoms with Crippen molar-refractivity contribution in [2.24, 2.45) is 0 Å². The summed E-state index contributed by atoms with van der Waals surface area (Å²) in [7, 11) is 1.59. The average Bonchev–Trinajstić information content (AvgIpc) is 3.32. The van der Waals surface area contributed by atoms with Crippen molar-refractivity contribution in [3.63, 3.8) is 0 Å². The van der Waals surface area contributed by atoms with Crippen LogP contribution in [0, 0.1) is 0 Å². The fourth-order valence-corrected chi connectivity index (χ4v) is 4.37. The van der Waals surface area contributed by atoms with E-state index in [1.54, 1.807) is 7.11 Å². The maximum Gasteiger partial charge on any atom is 0.425 e. The molecule has 1 aromatic carbocycles. The largest absolute Gasteiger partial charge is 0.497 e. The van der Waals surface area contributed by atoms with Crippen molar-refractivity contribution in [2.75, 3.05) is 25.1 Å².